The third kappa shape index (κ3) is 2.91. The average molecular weight is 311 g/mol. The fraction of sp³-hybridized carbons (Fsp3) is 0. The SMILES string of the molecule is O=[N+]([O-])c1ccc(C=Cc2ccc3cccc([N+](=O)[O-])c3n2)o1. The van der Waals surface area contributed by atoms with E-state index < -0.39 is 9.85 Å². The molecule has 0 aliphatic rings. The minimum atomic E-state index is -0.630. The maximum absolute atomic E-state index is 11.0. The van der Waals surface area contributed by atoms with Gasteiger partial charge in [0.25, 0.3) is 5.69 Å². The number of hydrogen-bond donors (Lipinski definition) is 0. The van der Waals surface area contributed by atoms with Gasteiger partial charge in [0, 0.05) is 11.5 Å². The largest absolute Gasteiger partial charge is 0.433 e. The first-order valence-electron chi connectivity index (χ1n) is 6.51. The summed E-state index contributed by atoms with van der Waals surface area (Å²) in [6.45, 7) is 0. The van der Waals surface area contributed by atoms with Gasteiger partial charge in [-0.25, -0.2) is 4.98 Å². The predicted octanol–water partition coefficient (Wildman–Crippen LogP) is 3.81. The summed E-state index contributed by atoms with van der Waals surface area (Å²) in [7, 11) is 0. The van der Waals surface area contributed by atoms with E-state index in [2.05, 4.69) is 4.98 Å². The van der Waals surface area contributed by atoms with Gasteiger partial charge in [-0.05, 0) is 24.3 Å². The van der Waals surface area contributed by atoms with E-state index in [1.807, 2.05) is 0 Å². The first kappa shape index (κ1) is 14.4. The lowest BCUT2D eigenvalue weighted by atomic mass is 10.1. The monoisotopic (exact) mass is 311 g/mol. The van der Waals surface area contributed by atoms with Crippen molar-refractivity contribution in [3.63, 3.8) is 0 Å². The number of hydrogen-bond acceptors (Lipinski definition) is 6. The minimum Gasteiger partial charge on any atom is -0.401 e. The molecule has 2 heterocycles. The number of non-ortho nitro benzene ring substituents is 1. The van der Waals surface area contributed by atoms with Crippen molar-refractivity contribution in [3.05, 3.63) is 74.1 Å². The molecule has 0 saturated carbocycles. The van der Waals surface area contributed by atoms with E-state index in [1.54, 1.807) is 30.3 Å². The summed E-state index contributed by atoms with van der Waals surface area (Å²) < 4.78 is 4.99. The lowest BCUT2D eigenvalue weighted by Gasteiger charge is -2.00. The Labute approximate surface area is 129 Å². The normalized spacial score (nSPS) is 11.1. The number of aromatic nitrogens is 1. The number of nitro groups is 2. The molecule has 0 N–H and O–H groups in total. The maximum Gasteiger partial charge on any atom is 0.433 e. The van der Waals surface area contributed by atoms with Gasteiger partial charge in [0.15, 0.2) is 0 Å². The molecular weight excluding hydrogens is 302 g/mol. The molecule has 8 nitrogen and oxygen atoms in total. The third-order valence-corrected chi connectivity index (χ3v) is 3.13. The van der Waals surface area contributed by atoms with E-state index >= 15 is 0 Å². The molecule has 114 valence electrons. The first-order chi connectivity index (χ1) is 11.0. The van der Waals surface area contributed by atoms with E-state index in [4.69, 9.17) is 4.42 Å². The van der Waals surface area contributed by atoms with Crippen molar-refractivity contribution in [2.24, 2.45) is 0 Å². The minimum absolute atomic E-state index is 0.0774. The molecule has 2 aromatic heterocycles. The Hall–Kier alpha value is -3.55. The average Bonchev–Trinajstić information content (AvgIpc) is 3.01. The molecule has 1 aromatic carbocycles. The molecular formula is C15H9N3O5. The second-order valence-electron chi connectivity index (χ2n) is 4.61. The summed E-state index contributed by atoms with van der Waals surface area (Å²) in [5, 5.41) is 22.2. The number of furan rings is 1. The van der Waals surface area contributed by atoms with Gasteiger partial charge in [0.1, 0.15) is 16.2 Å². The van der Waals surface area contributed by atoms with Gasteiger partial charge in [-0.1, -0.05) is 18.2 Å². The van der Waals surface area contributed by atoms with Crippen LogP contribution in [0.5, 0.6) is 0 Å². The standard InChI is InChI=1S/C15H9N3O5/c19-17(20)13-3-1-2-10-4-5-11(16-15(10)13)6-7-12-8-9-14(23-12)18(21)22/h1-9H. The molecule has 0 unspecified atom stereocenters. The van der Waals surface area contributed by atoms with Gasteiger partial charge in [-0.2, -0.15) is 0 Å². The zero-order chi connectivity index (χ0) is 16.4. The van der Waals surface area contributed by atoms with Crippen molar-refractivity contribution in [2.45, 2.75) is 0 Å². The zero-order valence-electron chi connectivity index (χ0n) is 11.6. The summed E-state index contributed by atoms with van der Waals surface area (Å²) in [6, 6.07) is 10.8. The van der Waals surface area contributed by atoms with E-state index in [-0.39, 0.29) is 17.1 Å². The van der Waals surface area contributed by atoms with Crippen LogP contribution in [0.4, 0.5) is 11.6 Å². The van der Waals surface area contributed by atoms with E-state index in [0.717, 1.165) is 0 Å². The fourth-order valence-corrected chi connectivity index (χ4v) is 2.08. The number of nitrogens with zero attached hydrogens (tertiary/aromatic N) is 3. The molecule has 0 amide bonds. The predicted molar refractivity (Wildman–Crippen MR) is 82.7 cm³/mol. The Kier molecular flexibility index (Phi) is 3.55. The van der Waals surface area contributed by atoms with Crippen LogP contribution in [0.3, 0.4) is 0 Å². The van der Waals surface area contributed by atoms with E-state index in [9.17, 15) is 20.2 Å². The summed E-state index contributed by atoms with van der Waals surface area (Å²) in [6.07, 6.45) is 3.08. The molecule has 8 heteroatoms. The van der Waals surface area contributed by atoms with Gasteiger partial charge in [0.05, 0.1) is 16.7 Å². The Bertz CT molecular complexity index is 945. The van der Waals surface area contributed by atoms with Gasteiger partial charge in [-0.15, -0.1) is 0 Å². The molecule has 23 heavy (non-hydrogen) atoms. The number of fused-ring (bicyclic) bond motifs is 1. The smallest absolute Gasteiger partial charge is 0.401 e. The van der Waals surface area contributed by atoms with Crippen LogP contribution in [-0.4, -0.2) is 14.8 Å². The van der Waals surface area contributed by atoms with Crippen molar-refractivity contribution in [1.29, 1.82) is 0 Å². The van der Waals surface area contributed by atoms with E-state index in [1.165, 1.54) is 24.3 Å². The second-order valence-corrected chi connectivity index (χ2v) is 4.61. The molecule has 0 aliphatic carbocycles. The number of pyridine rings is 1. The highest BCUT2D eigenvalue weighted by atomic mass is 16.6. The lowest BCUT2D eigenvalue weighted by Crippen LogP contribution is -1.92. The summed E-state index contributed by atoms with van der Waals surface area (Å²) in [5.41, 5.74) is 0.683. The van der Waals surface area contributed by atoms with Gasteiger partial charge in [-0.3, -0.25) is 20.2 Å². The lowest BCUT2D eigenvalue weighted by molar-refractivity contribution is -0.402. The number of benzene rings is 1. The number of para-hydroxylation sites is 1. The highest BCUT2D eigenvalue weighted by Gasteiger charge is 2.13. The van der Waals surface area contributed by atoms with Crippen LogP contribution in [0.2, 0.25) is 0 Å². The quantitative estimate of drug-likeness (QED) is 0.534. The second kappa shape index (κ2) is 5.68. The summed E-state index contributed by atoms with van der Waals surface area (Å²) >= 11 is 0. The van der Waals surface area contributed by atoms with E-state index in [0.29, 0.717) is 16.8 Å². The molecule has 0 bridgehead atoms. The van der Waals surface area contributed by atoms with Crippen LogP contribution < -0.4 is 0 Å². The Morgan fingerprint density at radius 1 is 0.957 bits per heavy atom. The Balaban J connectivity index is 1.96. The molecule has 0 aliphatic heterocycles. The highest BCUT2D eigenvalue weighted by Crippen LogP contribution is 2.24. The summed E-state index contributed by atoms with van der Waals surface area (Å²) in [5.74, 6) is -0.0621. The van der Waals surface area contributed by atoms with Crippen LogP contribution in [-0.2, 0) is 0 Å². The Morgan fingerprint density at radius 2 is 1.78 bits per heavy atom. The van der Waals surface area contributed by atoms with Gasteiger partial charge in [0.2, 0.25) is 0 Å². The topological polar surface area (TPSA) is 112 Å². The van der Waals surface area contributed by atoms with Crippen LogP contribution in [0, 0.1) is 20.2 Å². The van der Waals surface area contributed by atoms with Crippen molar-refractivity contribution in [3.8, 4) is 0 Å². The molecule has 0 saturated heterocycles. The molecule has 0 atom stereocenters. The van der Waals surface area contributed by atoms with Crippen LogP contribution in [0.25, 0.3) is 23.1 Å². The highest BCUT2D eigenvalue weighted by molar-refractivity contribution is 5.88. The van der Waals surface area contributed by atoms with Gasteiger partial charge < -0.3 is 4.42 Å². The molecule has 3 rings (SSSR count). The summed E-state index contributed by atoms with van der Waals surface area (Å²) in [4.78, 5) is 24.7. The zero-order valence-corrected chi connectivity index (χ0v) is 11.6. The van der Waals surface area contributed by atoms with Crippen molar-refractivity contribution < 1.29 is 14.3 Å². The first-order valence-corrected chi connectivity index (χ1v) is 6.51. The molecule has 0 radical (unpaired) electrons. The van der Waals surface area contributed by atoms with Crippen molar-refractivity contribution >= 4 is 34.6 Å². The molecule has 0 fully saturated rings. The van der Waals surface area contributed by atoms with Gasteiger partial charge >= 0.3 is 5.88 Å². The van der Waals surface area contributed by atoms with Crippen LogP contribution in [0.15, 0.2) is 46.9 Å². The molecule has 3 aromatic rings. The number of rotatable bonds is 4. The molecule has 0 spiro atoms. The van der Waals surface area contributed by atoms with Crippen LogP contribution in [0.1, 0.15) is 11.5 Å². The maximum atomic E-state index is 11.0. The fourth-order valence-electron chi connectivity index (χ4n) is 2.08. The van der Waals surface area contributed by atoms with Crippen molar-refractivity contribution in [2.75, 3.05) is 0 Å². The van der Waals surface area contributed by atoms with Crippen LogP contribution >= 0.6 is 0 Å². The third-order valence-electron chi connectivity index (χ3n) is 3.13. The number of nitro benzene ring substituents is 1. The Morgan fingerprint density at radius 3 is 2.48 bits per heavy atom. The van der Waals surface area contributed by atoms with Crippen molar-refractivity contribution in [1.82, 2.24) is 4.98 Å².